The SMILES string of the molecule is O=C1S/C(=C\c2ccc(-c3ccc(Cl)c(Cl)c3)o2)C(=O)N1Cc1ccc(F)cc1. The Bertz CT molecular complexity index is 1140. The summed E-state index contributed by atoms with van der Waals surface area (Å²) in [5, 5.41) is 0.461. The summed E-state index contributed by atoms with van der Waals surface area (Å²) >= 11 is 12.8. The molecule has 0 saturated carbocycles. The van der Waals surface area contributed by atoms with Crippen LogP contribution in [0.3, 0.4) is 0 Å². The normalized spacial score (nSPS) is 15.6. The van der Waals surface area contributed by atoms with Crippen LogP contribution in [0.15, 0.2) is 63.9 Å². The summed E-state index contributed by atoms with van der Waals surface area (Å²) in [5.74, 6) is 0.189. The zero-order valence-corrected chi connectivity index (χ0v) is 17.0. The van der Waals surface area contributed by atoms with Gasteiger partial charge in [-0.15, -0.1) is 0 Å². The molecule has 4 nitrogen and oxygen atoms in total. The van der Waals surface area contributed by atoms with E-state index >= 15 is 0 Å². The second-order valence-corrected chi connectivity index (χ2v) is 8.03. The fraction of sp³-hybridized carbons (Fsp3) is 0.0476. The molecule has 146 valence electrons. The highest BCUT2D eigenvalue weighted by molar-refractivity contribution is 8.18. The number of furan rings is 1. The van der Waals surface area contributed by atoms with Gasteiger partial charge in [-0.3, -0.25) is 14.5 Å². The first-order valence-electron chi connectivity index (χ1n) is 8.46. The van der Waals surface area contributed by atoms with E-state index in [2.05, 4.69) is 0 Å². The molecule has 0 bridgehead atoms. The molecule has 2 heterocycles. The van der Waals surface area contributed by atoms with Crippen LogP contribution in [0.25, 0.3) is 17.4 Å². The fourth-order valence-electron chi connectivity index (χ4n) is 2.77. The minimum absolute atomic E-state index is 0.0783. The van der Waals surface area contributed by atoms with Crippen molar-refractivity contribution in [1.82, 2.24) is 4.90 Å². The van der Waals surface area contributed by atoms with Gasteiger partial charge in [-0.05, 0) is 59.8 Å². The molecule has 0 N–H and O–H groups in total. The summed E-state index contributed by atoms with van der Waals surface area (Å²) in [5.41, 5.74) is 1.40. The molecule has 0 aliphatic carbocycles. The third kappa shape index (κ3) is 4.24. The number of imide groups is 1. The summed E-state index contributed by atoms with van der Waals surface area (Å²) < 4.78 is 18.8. The van der Waals surface area contributed by atoms with Crippen LogP contribution in [-0.2, 0) is 11.3 Å². The Morgan fingerprint density at radius 2 is 1.76 bits per heavy atom. The van der Waals surface area contributed by atoms with Crippen molar-refractivity contribution < 1.29 is 18.4 Å². The lowest BCUT2D eigenvalue weighted by Crippen LogP contribution is -2.27. The zero-order chi connectivity index (χ0) is 20.5. The molecule has 0 spiro atoms. The van der Waals surface area contributed by atoms with E-state index in [0.717, 1.165) is 22.2 Å². The molecular formula is C21H12Cl2FNO3S. The van der Waals surface area contributed by atoms with Crippen LogP contribution >= 0.6 is 35.0 Å². The Morgan fingerprint density at radius 3 is 2.48 bits per heavy atom. The maximum atomic E-state index is 13.0. The highest BCUT2D eigenvalue weighted by atomic mass is 35.5. The van der Waals surface area contributed by atoms with E-state index in [-0.39, 0.29) is 22.5 Å². The lowest BCUT2D eigenvalue weighted by atomic mass is 10.2. The van der Waals surface area contributed by atoms with Crippen molar-refractivity contribution in [2.45, 2.75) is 6.54 Å². The number of hydrogen-bond acceptors (Lipinski definition) is 4. The van der Waals surface area contributed by atoms with Crippen molar-refractivity contribution in [3.8, 4) is 11.3 Å². The number of nitrogens with zero attached hydrogens (tertiary/aromatic N) is 1. The molecule has 1 fully saturated rings. The zero-order valence-electron chi connectivity index (χ0n) is 14.7. The maximum Gasteiger partial charge on any atom is 0.293 e. The number of thioether (sulfide) groups is 1. The van der Waals surface area contributed by atoms with Crippen molar-refractivity contribution >= 4 is 52.2 Å². The molecular weight excluding hydrogens is 436 g/mol. The Kier molecular flexibility index (Phi) is 5.50. The van der Waals surface area contributed by atoms with Crippen LogP contribution in [0, 0.1) is 5.82 Å². The number of carbonyl (C=O) groups excluding carboxylic acids is 2. The second-order valence-electron chi connectivity index (χ2n) is 6.23. The highest BCUT2D eigenvalue weighted by Gasteiger charge is 2.35. The molecule has 8 heteroatoms. The lowest BCUT2D eigenvalue weighted by Gasteiger charge is -2.12. The molecule has 29 heavy (non-hydrogen) atoms. The number of rotatable bonds is 4. The van der Waals surface area contributed by atoms with Gasteiger partial charge in [-0.1, -0.05) is 35.3 Å². The number of hydrogen-bond donors (Lipinski definition) is 0. The first kappa shape index (κ1) is 19.8. The molecule has 2 amide bonds. The Labute approximate surface area is 179 Å². The largest absolute Gasteiger partial charge is 0.457 e. The molecule has 0 radical (unpaired) electrons. The van der Waals surface area contributed by atoms with Crippen molar-refractivity contribution in [2.75, 3.05) is 0 Å². The minimum atomic E-state index is -0.420. The van der Waals surface area contributed by atoms with Crippen LogP contribution in [0.4, 0.5) is 9.18 Å². The first-order chi connectivity index (χ1) is 13.9. The molecule has 0 unspecified atom stereocenters. The molecule has 2 aromatic carbocycles. The van der Waals surface area contributed by atoms with E-state index in [1.807, 2.05) is 0 Å². The van der Waals surface area contributed by atoms with Crippen LogP contribution in [-0.4, -0.2) is 16.0 Å². The number of amides is 2. The van der Waals surface area contributed by atoms with E-state index in [1.54, 1.807) is 42.5 Å². The van der Waals surface area contributed by atoms with Crippen molar-refractivity contribution in [3.05, 3.63) is 86.7 Å². The van der Waals surface area contributed by atoms with Gasteiger partial charge in [-0.2, -0.15) is 0 Å². The number of halogens is 3. The molecule has 3 aromatic rings. The molecule has 1 aliphatic heterocycles. The quantitative estimate of drug-likeness (QED) is 0.421. The summed E-state index contributed by atoms with van der Waals surface area (Å²) in [4.78, 5) is 26.2. The number of benzene rings is 2. The summed E-state index contributed by atoms with van der Waals surface area (Å²) in [6.07, 6.45) is 1.52. The van der Waals surface area contributed by atoms with Gasteiger partial charge < -0.3 is 4.42 Å². The maximum absolute atomic E-state index is 13.0. The van der Waals surface area contributed by atoms with Crippen LogP contribution < -0.4 is 0 Å². The Morgan fingerprint density at radius 1 is 1.00 bits per heavy atom. The van der Waals surface area contributed by atoms with Crippen LogP contribution in [0.5, 0.6) is 0 Å². The van der Waals surface area contributed by atoms with Gasteiger partial charge in [-0.25, -0.2) is 4.39 Å². The van der Waals surface area contributed by atoms with Gasteiger partial charge >= 0.3 is 0 Å². The van der Waals surface area contributed by atoms with Crippen molar-refractivity contribution in [2.24, 2.45) is 0 Å². The van der Waals surface area contributed by atoms with Gasteiger partial charge in [0.2, 0.25) is 0 Å². The average Bonchev–Trinajstić information content (AvgIpc) is 3.26. The van der Waals surface area contributed by atoms with Crippen LogP contribution in [0.2, 0.25) is 10.0 Å². The standard InChI is InChI=1S/C21H12Cl2FNO3S/c22-16-7-3-13(9-17(16)23)18-8-6-15(28-18)10-19-20(26)25(21(27)29-19)11-12-1-4-14(24)5-2-12/h1-10H,11H2/b19-10-. The lowest BCUT2D eigenvalue weighted by molar-refractivity contribution is -0.123. The third-order valence-corrected chi connectivity index (χ3v) is 5.88. The van der Waals surface area contributed by atoms with E-state index in [4.69, 9.17) is 27.6 Å². The summed E-state index contributed by atoms with van der Waals surface area (Å²) in [6, 6.07) is 14.2. The highest BCUT2D eigenvalue weighted by Crippen LogP contribution is 2.35. The molecule has 4 rings (SSSR count). The van der Waals surface area contributed by atoms with E-state index in [9.17, 15) is 14.0 Å². The fourth-order valence-corrected chi connectivity index (χ4v) is 3.89. The van der Waals surface area contributed by atoms with Crippen molar-refractivity contribution in [3.63, 3.8) is 0 Å². The molecule has 1 aromatic heterocycles. The van der Waals surface area contributed by atoms with Gasteiger partial charge in [0.15, 0.2) is 0 Å². The van der Waals surface area contributed by atoms with Gasteiger partial charge in [0.25, 0.3) is 11.1 Å². The first-order valence-corrected chi connectivity index (χ1v) is 10.0. The van der Waals surface area contributed by atoms with Gasteiger partial charge in [0.05, 0.1) is 21.5 Å². The van der Waals surface area contributed by atoms with Gasteiger partial charge in [0, 0.05) is 11.6 Å². The molecule has 1 aliphatic rings. The Hall–Kier alpha value is -2.54. The predicted molar refractivity (Wildman–Crippen MR) is 112 cm³/mol. The van der Waals surface area contributed by atoms with E-state index in [1.165, 1.54) is 18.2 Å². The van der Waals surface area contributed by atoms with E-state index in [0.29, 0.717) is 27.1 Å². The molecule has 0 atom stereocenters. The second kappa shape index (κ2) is 8.06. The van der Waals surface area contributed by atoms with Gasteiger partial charge in [0.1, 0.15) is 17.3 Å². The van der Waals surface area contributed by atoms with Crippen molar-refractivity contribution in [1.29, 1.82) is 0 Å². The smallest absolute Gasteiger partial charge is 0.293 e. The average molecular weight is 448 g/mol. The third-order valence-electron chi connectivity index (χ3n) is 4.23. The predicted octanol–water partition coefficient (Wildman–Crippen LogP) is 6.63. The Balaban J connectivity index is 1.53. The summed E-state index contributed by atoms with van der Waals surface area (Å²) in [7, 11) is 0. The summed E-state index contributed by atoms with van der Waals surface area (Å²) in [6.45, 7) is 0.0783. The van der Waals surface area contributed by atoms with Crippen LogP contribution in [0.1, 0.15) is 11.3 Å². The topological polar surface area (TPSA) is 50.5 Å². The molecule has 1 saturated heterocycles. The number of carbonyl (C=O) groups is 2. The minimum Gasteiger partial charge on any atom is -0.457 e. The van der Waals surface area contributed by atoms with E-state index < -0.39 is 5.91 Å². The monoisotopic (exact) mass is 447 g/mol.